The minimum atomic E-state index is -4.69. The van der Waals surface area contributed by atoms with E-state index >= 15 is 0 Å². The second kappa shape index (κ2) is 11.9. The van der Waals surface area contributed by atoms with E-state index in [1.807, 2.05) is 0 Å². The third kappa shape index (κ3) is 6.58. The van der Waals surface area contributed by atoms with E-state index < -0.39 is 29.6 Å². The standard InChI is InChI=1S/C32H26F3N9O3/c1-17-6-7-24(39-29(46)20-8-22(32(33,34)35)11-25(10-20)43-14-18(2)38-16-43)12-26(17)44-15-21-13-37-30(41-28(21)42-31(44)47)40-23-5-3-4-19(9-23)27(36)45/h3-14,16H,15H2,1-2H3,(H2,36,45)(H,39,46)(H2,37,40,41,42,47). The molecule has 1 aliphatic rings. The number of aromatic nitrogens is 4. The molecule has 0 atom stereocenters. The van der Waals surface area contributed by atoms with Gasteiger partial charge in [0, 0.05) is 46.1 Å². The van der Waals surface area contributed by atoms with Gasteiger partial charge in [-0.2, -0.15) is 18.2 Å². The third-order valence-corrected chi connectivity index (χ3v) is 7.34. The quantitative estimate of drug-likeness (QED) is 0.171. The molecule has 3 aromatic carbocycles. The van der Waals surface area contributed by atoms with Crippen LogP contribution < -0.4 is 26.6 Å². The molecule has 3 heterocycles. The number of imidazole rings is 1. The van der Waals surface area contributed by atoms with E-state index in [1.54, 1.807) is 68.7 Å². The molecule has 4 amide bonds. The minimum Gasteiger partial charge on any atom is -0.366 e. The Morgan fingerprint density at radius 2 is 1.79 bits per heavy atom. The summed E-state index contributed by atoms with van der Waals surface area (Å²) in [5.74, 6) is -0.893. The molecule has 5 aromatic rings. The highest BCUT2D eigenvalue weighted by Crippen LogP contribution is 2.33. The van der Waals surface area contributed by atoms with E-state index in [0.29, 0.717) is 33.8 Å². The number of amides is 4. The Labute approximate surface area is 265 Å². The highest BCUT2D eigenvalue weighted by atomic mass is 19.4. The number of benzene rings is 3. The fourth-order valence-corrected chi connectivity index (χ4v) is 4.97. The van der Waals surface area contributed by atoms with Crippen molar-refractivity contribution in [3.05, 3.63) is 113 Å². The van der Waals surface area contributed by atoms with Crippen LogP contribution in [-0.2, 0) is 12.7 Å². The Balaban J connectivity index is 1.22. The molecule has 1 aliphatic heterocycles. The molecule has 5 N–H and O–H groups in total. The van der Waals surface area contributed by atoms with E-state index in [4.69, 9.17) is 5.73 Å². The van der Waals surface area contributed by atoms with Gasteiger partial charge in [0.25, 0.3) is 5.91 Å². The molecule has 238 valence electrons. The van der Waals surface area contributed by atoms with Gasteiger partial charge in [0.15, 0.2) is 0 Å². The second-order valence-corrected chi connectivity index (χ2v) is 10.8. The number of hydrogen-bond acceptors (Lipinski definition) is 7. The maximum absolute atomic E-state index is 13.7. The lowest BCUT2D eigenvalue weighted by molar-refractivity contribution is -0.137. The number of aryl methyl sites for hydroxylation is 2. The van der Waals surface area contributed by atoms with Crippen LogP contribution >= 0.6 is 0 Å². The highest BCUT2D eigenvalue weighted by molar-refractivity contribution is 6.07. The highest BCUT2D eigenvalue weighted by Gasteiger charge is 2.32. The van der Waals surface area contributed by atoms with Crippen LogP contribution in [0.2, 0.25) is 0 Å². The van der Waals surface area contributed by atoms with Crippen molar-refractivity contribution in [1.82, 2.24) is 19.5 Å². The van der Waals surface area contributed by atoms with Gasteiger partial charge in [0.1, 0.15) is 5.82 Å². The Kier molecular flexibility index (Phi) is 7.80. The lowest BCUT2D eigenvalue weighted by atomic mass is 10.1. The molecule has 12 nitrogen and oxygen atoms in total. The molecule has 0 fully saturated rings. The van der Waals surface area contributed by atoms with Crippen LogP contribution in [0.5, 0.6) is 0 Å². The predicted octanol–water partition coefficient (Wildman–Crippen LogP) is 5.94. The van der Waals surface area contributed by atoms with Crippen LogP contribution in [0.15, 0.2) is 79.4 Å². The number of anilines is 5. The van der Waals surface area contributed by atoms with E-state index in [0.717, 1.165) is 12.1 Å². The molecular formula is C32H26F3N9O3. The summed E-state index contributed by atoms with van der Waals surface area (Å²) in [5.41, 5.74) is 7.72. The average molecular weight is 642 g/mol. The van der Waals surface area contributed by atoms with Crippen molar-refractivity contribution in [2.45, 2.75) is 26.6 Å². The van der Waals surface area contributed by atoms with Gasteiger partial charge in [-0.15, -0.1) is 0 Å². The number of urea groups is 1. The number of alkyl halides is 3. The number of carbonyl (C=O) groups is 3. The molecule has 0 radical (unpaired) electrons. The smallest absolute Gasteiger partial charge is 0.366 e. The predicted molar refractivity (Wildman–Crippen MR) is 168 cm³/mol. The summed E-state index contributed by atoms with van der Waals surface area (Å²) in [6, 6.07) is 13.9. The maximum Gasteiger partial charge on any atom is 0.416 e. The van der Waals surface area contributed by atoms with Crippen molar-refractivity contribution in [2.75, 3.05) is 20.9 Å². The lowest BCUT2D eigenvalue weighted by Gasteiger charge is -2.30. The number of primary amides is 1. The monoisotopic (exact) mass is 641 g/mol. The van der Waals surface area contributed by atoms with Crippen LogP contribution in [0.1, 0.15) is 43.1 Å². The van der Waals surface area contributed by atoms with Crippen molar-refractivity contribution in [2.24, 2.45) is 5.73 Å². The number of carbonyl (C=O) groups excluding carboxylic acids is 3. The number of nitrogens with two attached hydrogens (primary N) is 1. The van der Waals surface area contributed by atoms with Crippen LogP contribution in [0.4, 0.5) is 46.8 Å². The normalized spacial score (nSPS) is 12.7. The minimum absolute atomic E-state index is 0.0954. The number of nitrogens with one attached hydrogen (secondary N) is 3. The molecule has 6 rings (SSSR count). The number of nitrogens with zero attached hydrogens (tertiary/aromatic N) is 5. The van der Waals surface area contributed by atoms with Gasteiger partial charge in [-0.3, -0.25) is 19.8 Å². The Bertz CT molecular complexity index is 2060. The molecule has 0 aliphatic carbocycles. The van der Waals surface area contributed by atoms with Crippen molar-refractivity contribution < 1.29 is 27.6 Å². The Morgan fingerprint density at radius 3 is 2.51 bits per heavy atom. The van der Waals surface area contributed by atoms with E-state index in [-0.39, 0.29) is 35.2 Å². The van der Waals surface area contributed by atoms with Gasteiger partial charge in [-0.1, -0.05) is 12.1 Å². The van der Waals surface area contributed by atoms with E-state index in [9.17, 15) is 27.6 Å². The van der Waals surface area contributed by atoms with Crippen LogP contribution in [0.3, 0.4) is 0 Å². The molecule has 15 heteroatoms. The summed E-state index contributed by atoms with van der Waals surface area (Å²) in [7, 11) is 0. The van der Waals surface area contributed by atoms with Gasteiger partial charge < -0.3 is 20.9 Å². The van der Waals surface area contributed by atoms with Gasteiger partial charge in [0.05, 0.1) is 29.8 Å². The fourth-order valence-electron chi connectivity index (χ4n) is 4.97. The second-order valence-electron chi connectivity index (χ2n) is 10.8. The summed E-state index contributed by atoms with van der Waals surface area (Å²) in [5, 5.41) is 8.37. The largest absolute Gasteiger partial charge is 0.416 e. The van der Waals surface area contributed by atoms with E-state index in [2.05, 4.69) is 30.9 Å². The van der Waals surface area contributed by atoms with Crippen molar-refractivity contribution >= 4 is 46.7 Å². The zero-order chi connectivity index (χ0) is 33.5. The number of halogens is 3. The number of hydrogen-bond donors (Lipinski definition) is 4. The molecule has 2 aromatic heterocycles. The van der Waals surface area contributed by atoms with Gasteiger partial charge in [0.2, 0.25) is 11.9 Å². The topological polar surface area (TPSA) is 160 Å². The third-order valence-electron chi connectivity index (χ3n) is 7.34. The molecule has 47 heavy (non-hydrogen) atoms. The zero-order valence-corrected chi connectivity index (χ0v) is 24.9. The molecule has 0 spiro atoms. The van der Waals surface area contributed by atoms with Crippen molar-refractivity contribution in [1.29, 1.82) is 0 Å². The van der Waals surface area contributed by atoms with Gasteiger partial charge in [-0.25, -0.2) is 14.8 Å². The summed E-state index contributed by atoms with van der Waals surface area (Å²) in [6.07, 6.45) is -0.222. The summed E-state index contributed by atoms with van der Waals surface area (Å²) < 4.78 is 42.6. The molecule has 0 unspecified atom stereocenters. The molecular weight excluding hydrogens is 615 g/mol. The number of fused-ring (bicyclic) bond motifs is 1. The molecule has 0 saturated carbocycles. The Morgan fingerprint density at radius 1 is 0.979 bits per heavy atom. The molecule has 0 saturated heterocycles. The van der Waals surface area contributed by atoms with Gasteiger partial charge >= 0.3 is 12.2 Å². The van der Waals surface area contributed by atoms with Crippen molar-refractivity contribution in [3.63, 3.8) is 0 Å². The summed E-state index contributed by atoms with van der Waals surface area (Å²) >= 11 is 0. The first-order chi connectivity index (χ1) is 22.3. The first kappa shape index (κ1) is 30.8. The average Bonchev–Trinajstić information content (AvgIpc) is 3.47. The van der Waals surface area contributed by atoms with Gasteiger partial charge in [-0.05, 0) is 67.9 Å². The van der Waals surface area contributed by atoms with Crippen LogP contribution in [0.25, 0.3) is 5.69 Å². The summed E-state index contributed by atoms with van der Waals surface area (Å²) in [4.78, 5) is 52.2. The summed E-state index contributed by atoms with van der Waals surface area (Å²) in [6.45, 7) is 3.57. The maximum atomic E-state index is 13.7. The van der Waals surface area contributed by atoms with Crippen LogP contribution in [-0.4, -0.2) is 37.4 Å². The zero-order valence-electron chi connectivity index (χ0n) is 24.9. The molecule has 0 bridgehead atoms. The first-order valence-corrected chi connectivity index (χ1v) is 14.1. The number of rotatable bonds is 7. The van der Waals surface area contributed by atoms with E-state index in [1.165, 1.54) is 21.9 Å². The first-order valence-electron chi connectivity index (χ1n) is 14.1. The van der Waals surface area contributed by atoms with Crippen LogP contribution in [0, 0.1) is 13.8 Å². The van der Waals surface area contributed by atoms with Crippen molar-refractivity contribution in [3.8, 4) is 5.69 Å². The SMILES string of the molecule is Cc1cn(-c2cc(C(=O)Nc3ccc(C)c(N4Cc5cnc(Nc6cccc(C(N)=O)c6)nc5NC4=O)c3)cc(C(F)(F)F)c2)cn1. The lowest BCUT2D eigenvalue weighted by Crippen LogP contribution is -2.39. The fraction of sp³-hybridized carbons (Fsp3) is 0.125. The Hall–Kier alpha value is -6.25.